The number of para-hydroxylation sites is 4. The van der Waals surface area contributed by atoms with E-state index >= 15 is 0 Å². The summed E-state index contributed by atoms with van der Waals surface area (Å²) in [5.41, 5.74) is 11.6. The molecule has 0 aliphatic rings. The molecule has 0 bridgehead atoms. The smallest absolute Gasteiger partial charge is 0.205 e. The molecule has 0 spiro atoms. The Morgan fingerprint density at radius 2 is 0.622 bits per heavy atom. The third-order valence-electron chi connectivity index (χ3n) is 18.1. The Morgan fingerprint density at radius 3 is 1.12 bits per heavy atom. The summed E-state index contributed by atoms with van der Waals surface area (Å²) in [5.74, 6) is 1.57. The Hall–Kier alpha value is -11.0. The molecule has 0 unspecified atom stereocenters. The standard InChI is InChI=1S/C41H24N2OS.C41H24N2S2/c1-2-11-29-27(9-1)28-10-3-4-12-30(28)33-23-25(17-19-31(29)33)26-18-20-37-34(24-26)32-13-5-7-15-36(32)43(37)40-22-21-38(44-40)41-42-35-14-6-8-16-39(35)45-41;1-2-11-29-27(9-1)28-10-3-4-12-30(28)33-23-25(17-19-31(29)33)26-18-20-37-34(24-26)32-13-5-7-15-36(32)43(37)40-22-21-39(44-40)41-42-35-14-6-8-16-38(35)45-41/h2*1-24H. The van der Waals surface area contributed by atoms with Crippen LogP contribution in [0.4, 0.5) is 0 Å². The van der Waals surface area contributed by atoms with Crippen LogP contribution in [0.1, 0.15) is 0 Å². The van der Waals surface area contributed by atoms with Gasteiger partial charge in [-0.15, -0.1) is 34.0 Å². The fourth-order valence-electron chi connectivity index (χ4n) is 14.0. The molecule has 0 radical (unpaired) electrons. The average Bonchev–Trinajstić information content (AvgIpc) is 1.48. The normalized spacial score (nSPS) is 12.0. The molecule has 20 aromatic rings. The molecule has 0 fully saturated rings. The lowest BCUT2D eigenvalue weighted by molar-refractivity contribution is 0.560. The van der Waals surface area contributed by atoms with Crippen LogP contribution in [0.2, 0.25) is 0 Å². The molecule has 0 saturated heterocycles. The molecule has 14 aromatic carbocycles. The Balaban J connectivity index is 0.000000130. The number of rotatable bonds is 6. The van der Waals surface area contributed by atoms with Gasteiger partial charge in [0.15, 0.2) is 10.8 Å². The lowest BCUT2D eigenvalue weighted by Gasteiger charge is -2.12. The number of thiophene rings is 1. The van der Waals surface area contributed by atoms with Gasteiger partial charge in [0.1, 0.15) is 10.0 Å². The zero-order valence-corrected chi connectivity index (χ0v) is 50.6. The largest absolute Gasteiger partial charge is 0.437 e. The molecule has 90 heavy (non-hydrogen) atoms. The van der Waals surface area contributed by atoms with Crippen molar-refractivity contribution in [2.75, 3.05) is 0 Å². The van der Waals surface area contributed by atoms with Crippen LogP contribution < -0.4 is 0 Å². The maximum absolute atomic E-state index is 6.51. The highest BCUT2D eigenvalue weighted by Crippen LogP contribution is 2.45. The van der Waals surface area contributed by atoms with Crippen LogP contribution >= 0.6 is 34.0 Å². The van der Waals surface area contributed by atoms with Gasteiger partial charge in [0.2, 0.25) is 5.88 Å². The van der Waals surface area contributed by atoms with Crippen molar-refractivity contribution in [2.24, 2.45) is 0 Å². The lowest BCUT2D eigenvalue weighted by Crippen LogP contribution is -1.91. The van der Waals surface area contributed by atoms with E-state index in [9.17, 15) is 0 Å². The lowest BCUT2D eigenvalue weighted by atomic mass is 9.92. The number of hydrogen-bond donors (Lipinski definition) is 0. The van der Waals surface area contributed by atoms with E-state index in [0.29, 0.717) is 0 Å². The van der Waals surface area contributed by atoms with Gasteiger partial charge < -0.3 is 8.98 Å². The van der Waals surface area contributed by atoms with Gasteiger partial charge in [0.05, 0.1) is 47.4 Å². The van der Waals surface area contributed by atoms with Gasteiger partial charge in [-0.05, 0) is 178 Å². The van der Waals surface area contributed by atoms with Crippen LogP contribution in [0.15, 0.2) is 296 Å². The summed E-state index contributed by atoms with van der Waals surface area (Å²) in [6.45, 7) is 0. The van der Waals surface area contributed by atoms with Crippen LogP contribution in [0.25, 0.3) is 182 Å². The number of aromatic nitrogens is 4. The number of furan rings is 1. The van der Waals surface area contributed by atoms with E-state index in [-0.39, 0.29) is 0 Å². The van der Waals surface area contributed by atoms with Crippen molar-refractivity contribution in [3.63, 3.8) is 0 Å². The van der Waals surface area contributed by atoms with E-state index in [0.717, 1.165) is 48.4 Å². The summed E-state index contributed by atoms with van der Waals surface area (Å²) in [4.78, 5) is 10.9. The minimum absolute atomic E-state index is 0.782. The van der Waals surface area contributed by atoms with Crippen molar-refractivity contribution in [1.29, 1.82) is 0 Å². The summed E-state index contributed by atoms with van der Waals surface area (Å²) in [6.07, 6.45) is 0. The maximum atomic E-state index is 6.51. The predicted octanol–water partition coefficient (Wildman–Crippen LogP) is 24.0. The Bertz CT molecular complexity index is 5810. The molecule has 6 aromatic heterocycles. The SMILES string of the molecule is c1ccc2sc(-c3ccc(-n4c5ccccc5c5cc(-c6ccc7c8ccccc8c8ccccc8c7c6)ccc54)o3)nc2c1.c1ccc2sc(-c3ccc(-n4c5ccccc5c5cc(-c6ccc7c8ccccc8c8ccccc8c7c6)ccc54)s3)nc2c1. The molecule has 0 amide bonds. The van der Waals surface area contributed by atoms with Crippen LogP contribution in [0.3, 0.4) is 0 Å². The molecule has 0 aliphatic heterocycles. The second-order valence-corrected chi connectivity index (χ2v) is 26.2. The molecule has 0 N–H and O–H groups in total. The van der Waals surface area contributed by atoms with E-state index in [1.807, 2.05) is 24.3 Å². The molecular weight excluding hydrogens is 1150 g/mol. The first kappa shape index (κ1) is 51.1. The first-order valence-electron chi connectivity index (χ1n) is 30.3. The van der Waals surface area contributed by atoms with E-state index < -0.39 is 0 Å². The average molecular weight is 1200 g/mol. The fraction of sp³-hybridized carbons (Fsp3) is 0. The van der Waals surface area contributed by atoms with Crippen molar-refractivity contribution in [3.8, 4) is 53.8 Å². The second-order valence-electron chi connectivity index (χ2n) is 23.1. The third kappa shape index (κ3) is 8.05. The van der Waals surface area contributed by atoms with Crippen LogP contribution in [-0.4, -0.2) is 19.1 Å². The third-order valence-corrected chi connectivity index (χ3v) is 21.5. The van der Waals surface area contributed by atoms with Gasteiger partial charge >= 0.3 is 0 Å². The zero-order valence-electron chi connectivity index (χ0n) is 48.1. The molecule has 5 nitrogen and oxygen atoms in total. The van der Waals surface area contributed by atoms with Gasteiger partial charge in [0.25, 0.3) is 0 Å². The van der Waals surface area contributed by atoms with Crippen molar-refractivity contribution in [2.45, 2.75) is 0 Å². The van der Waals surface area contributed by atoms with E-state index in [2.05, 4.69) is 276 Å². The minimum Gasteiger partial charge on any atom is -0.437 e. The van der Waals surface area contributed by atoms with Crippen molar-refractivity contribution >= 4 is 163 Å². The Morgan fingerprint density at radius 1 is 0.256 bits per heavy atom. The Labute approximate surface area is 527 Å². The molecular formula is C82H48N4OS3. The molecule has 8 heteroatoms. The molecule has 20 rings (SSSR count). The molecule has 0 aliphatic carbocycles. The zero-order chi connectivity index (χ0) is 59.0. The quantitative estimate of drug-likeness (QED) is 0.156. The van der Waals surface area contributed by atoms with Gasteiger partial charge in [-0.25, -0.2) is 9.97 Å². The molecule has 420 valence electrons. The van der Waals surface area contributed by atoms with Gasteiger partial charge in [-0.3, -0.25) is 4.57 Å². The minimum atomic E-state index is 0.782. The van der Waals surface area contributed by atoms with Crippen molar-refractivity contribution < 1.29 is 4.42 Å². The number of benzene rings is 14. The van der Waals surface area contributed by atoms with Gasteiger partial charge in [-0.1, -0.05) is 194 Å². The van der Waals surface area contributed by atoms with Crippen molar-refractivity contribution in [1.82, 2.24) is 19.1 Å². The maximum Gasteiger partial charge on any atom is 0.205 e. The number of fused-ring (bicyclic) bond motifs is 20. The van der Waals surface area contributed by atoms with E-state index in [1.165, 1.54) is 134 Å². The van der Waals surface area contributed by atoms with Crippen LogP contribution in [0, 0.1) is 0 Å². The van der Waals surface area contributed by atoms with Crippen LogP contribution in [-0.2, 0) is 0 Å². The second kappa shape index (κ2) is 20.3. The number of thiazole rings is 2. The molecule has 0 atom stereocenters. The first-order valence-corrected chi connectivity index (χ1v) is 32.7. The topological polar surface area (TPSA) is 48.8 Å². The van der Waals surface area contributed by atoms with E-state index in [4.69, 9.17) is 14.4 Å². The predicted molar refractivity (Wildman–Crippen MR) is 385 cm³/mol. The molecule has 0 saturated carbocycles. The highest BCUT2D eigenvalue weighted by Gasteiger charge is 2.21. The van der Waals surface area contributed by atoms with Gasteiger partial charge in [0, 0.05) is 27.6 Å². The summed E-state index contributed by atoms with van der Waals surface area (Å²) < 4.78 is 13.5. The van der Waals surface area contributed by atoms with Crippen molar-refractivity contribution in [3.05, 3.63) is 291 Å². The summed E-state index contributed by atoms with van der Waals surface area (Å²) in [7, 11) is 0. The van der Waals surface area contributed by atoms with Crippen LogP contribution in [0.5, 0.6) is 0 Å². The summed E-state index contributed by atoms with van der Waals surface area (Å²) >= 11 is 5.22. The van der Waals surface area contributed by atoms with E-state index in [1.54, 1.807) is 34.0 Å². The van der Waals surface area contributed by atoms with Gasteiger partial charge in [-0.2, -0.15) is 0 Å². The summed E-state index contributed by atoms with van der Waals surface area (Å²) in [5, 5.41) is 23.6. The highest BCUT2D eigenvalue weighted by atomic mass is 32.1. The Kier molecular flexibility index (Phi) is 11.5. The first-order chi connectivity index (χ1) is 44.6. The highest BCUT2D eigenvalue weighted by molar-refractivity contribution is 7.26. The summed E-state index contributed by atoms with van der Waals surface area (Å²) in [6, 6.07) is 105. The monoisotopic (exact) mass is 1200 g/mol. The number of hydrogen-bond acceptors (Lipinski definition) is 6. The molecule has 6 heterocycles. The number of nitrogens with zero attached hydrogens (tertiary/aromatic N) is 4. The fourth-order valence-corrected chi connectivity index (χ4v) is 17.0.